The Labute approximate surface area is 120 Å². The number of anilines is 1. The molecule has 0 aliphatic carbocycles. The van der Waals surface area contributed by atoms with Crippen LogP contribution in [0.25, 0.3) is 0 Å². The van der Waals surface area contributed by atoms with Crippen molar-refractivity contribution in [1.29, 1.82) is 0 Å². The van der Waals surface area contributed by atoms with Crippen LogP contribution in [0.3, 0.4) is 0 Å². The molecule has 1 aromatic carbocycles. The summed E-state index contributed by atoms with van der Waals surface area (Å²) in [6.07, 6.45) is -5.54. The normalized spacial score (nSPS) is 30.0. The molecule has 1 atom stereocenters. The molecule has 102 valence electrons. The number of nitrogens with two attached hydrogens (primary N) is 1. The van der Waals surface area contributed by atoms with E-state index < -0.39 is 42.2 Å². The van der Waals surface area contributed by atoms with Crippen LogP contribution in [0.4, 0.5) is 5.69 Å². The smallest absolute Gasteiger partial charge is 0.264 e. The number of fused-ring (bicyclic) bond motifs is 1. The molecular formula is C14H13N3O3. The van der Waals surface area contributed by atoms with Crippen LogP contribution < -0.4 is 11.1 Å². The van der Waals surface area contributed by atoms with Crippen molar-refractivity contribution in [2.45, 2.75) is 18.8 Å². The first-order valence-electron chi connectivity index (χ1n) is 7.78. The molecule has 0 radical (unpaired) electrons. The molecule has 2 aliphatic heterocycles. The van der Waals surface area contributed by atoms with E-state index in [0.717, 1.165) is 0 Å². The highest BCUT2D eigenvalue weighted by molar-refractivity contribution is 6.25. The van der Waals surface area contributed by atoms with E-state index in [-0.39, 0.29) is 16.8 Å². The fourth-order valence-corrected chi connectivity index (χ4v) is 2.22. The number of carbonyl (C=O) groups is 3. The number of nitrogens with one attached hydrogen (secondary N) is 1. The average Bonchev–Trinajstić information content (AvgIpc) is 2.72. The molecule has 3 N–H and O–H groups in total. The molecule has 1 fully saturated rings. The molecule has 3 amide bonds. The Hall–Kier alpha value is -2.63. The topological polar surface area (TPSA) is 92.5 Å². The molecular weight excluding hydrogens is 258 g/mol. The monoisotopic (exact) mass is 275 g/mol. The maximum Gasteiger partial charge on any atom is 0.264 e. The average molecular weight is 275 g/mol. The maximum absolute atomic E-state index is 12.6. The molecule has 1 aromatic rings. The summed E-state index contributed by atoms with van der Waals surface area (Å²) in [5.74, 6) is -2.84. The van der Waals surface area contributed by atoms with Crippen molar-refractivity contribution in [2.75, 3.05) is 5.73 Å². The van der Waals surface area contributed by atoms with Gasteiger partial charge in [-0.15, -0.1) is 0 Å². The third kappa shape index (κ3) is 1.61. The van der Waals surface area contributed by atoms with E-state index in [2.05, 4.69) is 11.9 Å². The second-order valence-electron chi connectivity index (χ2n) is 4.39. The van der Waals surface area contributed by atoms with Crippen molar-refractivity contribution in [1.82, 2.24) is 10.2 Å². The van der Waals surface area contributed by atoms with Crippen LogP contribution in [-0.4, -0.2) is 28.7 Å². The van der Waals surface area contributed by atoms with Gasteiger partial charge in [-0.2, -0.15) is 0 Å². The third-order valence-corrected chi connectivity index (χ3v) is 3.12. The fraction of sp³-hybridized carbons (Fsp3) is 0.214. The molecule has 0 aromatic heterocycles. The van der Waals surface area contributed by atoms with Gasteiger partial charge >= 0.3 is 0 Å². The van der Waals surface area contributed by atoms with E-state index >= 15 is 0 Å². The summed E-state index contributed by atoms with van der Waals surface area (Å²) in [4.78, 5) is 37.8. The largest absolute Gasteiger partial charge is 0.398 e. The number of hydrogen-bond donors (Lipinski definition) is 2. The molecule has 0 unspecified atom stereocenters. The molecule has 1 saturated heterocycles. The van der Waals surface area contributed by atoms with Gasteiger partial charge in [-0.3, -0.25) is 19.3 Å². The summed E-state index contributed by atoms with van der Waals surface area (Å²) in [6.45, 7) is 3.31. The summed E-state index contributed by atoms with van der Waals surface area (Å²) in [6, 6.07) is 2.23. The predicted octanol–water partition coefficient (Wildman–Crippen LogP) is 0.657. The van der Waals surface area contributed by atoms with Crippen LogP contribution in [-0.2, 0) is 4.79 Å². The molecule has 20 heavy (non-hydrogen) atoms. The van der Waals surface area contributed by atoms with Crippen LogP contribution in [0.1, 0.15) is 38.9 Å². The van der Waals surface area contributed by atoms with Gasteiger partial charge in [0.2, 0.25) is 5.91 Å². The Bertz CT molecular complexity index is 821. The number of imide groups is 1. The van der Waals surface area contributed by atoms with E-state index in [1.807, 2.05) is 0 Å². The quantitative estimate of drug-likeness (QED) is 0.581. The number of hydrogen-bond acceptors (Lipinski definition) is 4. The number of nitrogen functional groups attached to an aromatic ring is 1. The Morgan fingerprint density at radius 1 is 1.35 bits per heavy atom. The number of carbonyl (C=O) groups excluding carboxylic acids is 3. The highest BCUT2D eigenvalue weighted by atomic mass is 16.2. The van der Waals surface area contributed by atoms with Gasteiger partial charge in [-0.05, 0) is 24.9 Å². The van der Waals surface area contributed by atoms with Crippen molar-refractivity contribution in [3.8, 4) is 0 Å². The van der Waals surface area contributed by atoms with Gasteiger partial charge in [0.15, 0.2) is 0 Å². The minimum atomic E-state index is -2.87. The Balaban J connectivity index is 2.14. The molecule has 0 saturated carbocycles. The zero-order valence-electron chi connectivity index (χ0n) is 14.3. The highest BCUT2D eigenvalue weighted by Crippen LogP contribution is 2.31. The lowest BCUT2D eigenvalue weighted by Gasteiger charge is -2.29. The van der Waals surface area contributed by atoms with E-state index in [0.29, 0.717) is 4.90 Å². The number of piperidine rings is 1. The zero-order chi connectivity index (χ0) is 18.0. The van der Waals surface area contributed by atoms with Crippen LogP contribution in [0.5, 0.6) is 0 Å². The lowest BCUT2D eigenvalue weighted by molar-refractivity contribution is -0.125. The third-order valence-electron chi connectivity index (χ3n) is 3.12. The van der Waals surface area contributed by atoms with Crippen molar-refractivity contribution in [2.24, 2.45) is 0 Å². The van der Waals surface area contributed by atoms with Gasteiger partial charge in [0.25, 0.3) is 11.8 Å². The van der Waals surface area contributed by atoms with Crippen molar-refractivity contribution in [3.63, 3.8) is 0 Å². The van der Waals surface area contributed by atoms with E-state index in [4.69, 9.17) is 11.2 Å². The molecule has 0 bridgehead atoms. The number of rotatable bonds is 1. The van der Waals surface area contributed by atoms with E-state index in [9.17, 15) is 14.4 Å². The summed E-state index contributed by atoms with van der Waals surface area (Å²) in [5, 5.41) is 2.11. The fourth-order valence-electron chi connectivity index (χ4n) is 2.22. The van der Waals surface area contributed by atoms with Crippen LogP contribution in [0.15, 0.2) is 30.5 Å². The van der Waals surface area contributed by atoms with Gasteiger partial charge in [-0.25, -0.2) is 0 Å². The molecule has 6 nitrogen and oxygen atoms in total. The van der Waals surface area contributed by atoms with E-state index in [1.165, 1.54) is 18.2 Å². The van der Waals surface area contributed by atoms with Gasteiger partial charge < -0.3 is 11.1 Å². The highest BCUT2D eigenvalue weighted by Gasteiger charge is 2.44. The summed E-state index contributed by atoms with van der Waals surface area (Å²) in [5.41, 5.74) is 5.11. The second kappa shape index (κ2) is 4.19. The second-order valence-corrected chi connectivity index (χ2v) is 4.39. The van der Waals surface area contributed by atoms with Crippen LogP contribution in [0, 0.1) is 0 Å². The maximum atomic E-state index is 12.6. The predicted molar refractivity (Wildman–Crippen MR) is 71.7 cm³/mol. The van der Waals surface area contributed by atoms with Gasteiger partial charge in [-0.1, -0.05) is 12.6 Å². The minimum Gasteiger partial charge on any atom is -0.398 e. The number of nitrogens with zero attached hydrogens (tertiary/aromatic N) is 1. The van der Waals surface area contributed by atoms with Crippen LogP contribution in [0.2, 0.25) is 0 Å². The SMILES string of the molecule is [2H]C1([2H])C(=C)NC(=O)[C@H](N2C(=O)c3cccc(N)c3C2=O)C1([2H])[2H]. The lowest BCUT2D eigenvalue weighted by Crippen LogP contribution is -2.51. The summed E-state index contributed by atoms with van der Waals surface area (Å²) in [7, 11) is 0. The Morgan fingerprint density at radius 3 is 2.80 bits per heavy atom. The standard InChI is InChI=1S/C14H13N3O3/c1-7-5-6-10(12(18)16-7)17-13(19)8-3-2-4-9(15)11(8)14(17)20/h2-4,10H,1,5-6,15H2,(H,16,18)/t10-/m1/s1/i5D2,6D2. The molecule has 2 heterocycles. The van der Waals surface area contributed by atoms with Crippen molar-refractivity contribution < 1.29 is 19.9 Å². The first-order chi connectivity index (χ1) is 11.0. The van der Waals surface area contributed by atoms with Gasteiger partial charge in [0.05, 0.1) is 11.1 Å². The van der Waals surface area contributed by atoms with Gasteiger partial charge in [0.1, 0.15) is 6.04 Å². The molecule has 0 spiro atoms. The Kier molecular flexibility index (Phi) is 1.79. The van der Waals surface area contributed by atoms with Crippen molar-refractivity contribution in [3.05, 3.63) is 41.6 Å². The molecule has 3 rings (SSSR count). The van der Waals surface area contributed by atoms with E-state index in [1.54, 1.807) is 0 Å². The minimum absolute atomic E-state index is 0.0255. The van der Waals surface area contributed by atoms with Crippen LogP contribution >= 0.6 is 0 Å². The van der Waals surface area contributed by atoms with Gasteiger partial charge in [0, 0.05) is 16.9 Å². The number of benzene rings is 1. The van der Waals surface area contributed by atoms with Crippen molar-refractivity contribution >= 4 is 23.4 Å². The molecule has 6 heteroatoms. The first kappa shape index (κ1) is 8.52. The molecule has 2 aliphatic rings. The Morgan fingerprint density at radius 2 is 2.10 bits per heavy atom. The summed E-state index contributed by atoms with van der Waals surface area (Å²) < 4.78 is 31.8. The zero-order valence-corrected chi connectivity index (χ0v) is 10.3. The first-order valence-corrected chi connectivity index (χ1v) is 5.78. The number of amides is 3. The summed E-state index contributed by atoms with van der Waals surface area (Å²) >= 11 is 0. The lowest BCUT2D eigenvalue weighted by atomic mass is 10.0. The number of allylic oxidation sites excluding steroid dienone is 1.